The molecule has 0 unspecified atom stereocenters. The lowest BCUT2D eigenvalue weighted by Crippen LogP contribution is -2.24. The van der Waals surface area contributed by atoms with E-state index in [4.69, 9.17) is 0 Å². The highest BCUT2D eigenvalue weighted by Crippen LogP contribution is 2.17. The zero-order valence-electron chi connectivity index (χ0n) is 16.0. The molecule has 8 heteroatoms. The van der Waals surface area contributed by atoms with E-state index < -0.39 is 10.0 Å². The maximum Gasteiger partial charge on any atom is 0.251 e. The summed E-state index contributed by atoms with van der Waals surface area (Å²) in [4.78, 5) is 19.1. The minimum absolute atomic E-state index is 0.149. The number of amides is 1. The molecule has 1 aromatic heterocycles. The van der Waals surface area contributed by atoms with E-state index in [2.05, 4.69) is 19.9 Å². The van der Waals surface area contributed by atoms with Gasteiger partial charge < -0.3 is 10.2 Å². The molecular weight excluding hydrogens is 376 g/mol. The summed E-state index contributed by atoms with van der Waals surface area (Å²) in [7, 11) is -3.18. The third-order valence-electron chi connectivity index (χ3n) is 4.69. The number of carbonyl (C=O) groups excluding carboxylic acids is 1. The molecule has 0 spiro atoms. The van der Waals surface area contributed by atoms with Crippen LogP contribution < -0.4 is 14.9 Å². The van der Waals surface area contributed by atoms with Crippen LogP contribution in [0.5, 0.6) is 0 Å². The first-order chi connectivity index (χ1) is 13.4. The monoisotopic (exact) mass is 402 g/mol. The van der Waals surface area contributed by atoms with Crippen molar-refractivity contribution >= 4 is 21.7 Å². The van der Waals surface area contributed by atoms with Crippen LogP contribution in [0, 0.1) is 0 Å². The highest BCUT2D eigenvalue weighted by Gasteiger charge is 2.13. The summed E-state index contributed by atoms with van der Waals surface area (Å²) in [5.41, 5.74) is 2.50. The largest absolute Gasteiger partial charge is 0.357 e. The predicted octanol–water partition coefficient (Wildman–Crippen LogP) is 1.70. The quantitative estimate of drug-likeness (QED) is 0.701. The molecule has 150 valence electrons. The molecule has 1 saturated heterocycles. The topological polar surface area (TPSA) is 91.4 Å². The predicted molar refractivity (Wildman–Crippen MR) is 110 cm³/mol. The lowest BCUT2D eigenvalue weighted by molar-refractivity contribution is 0.0951. The number of nitrogens with zero attached hydrogens (tertiary/aromatic N) is 2. The maximum absolute atomic E-state index is 12.3. The van der Waals surface area contributed by atoms with Crippen molar-refractivity contribution in [2.45, 2.75) is 25.8 Å². The molecule has 3 rings (SSSR count). The summed E-state index contributed by atoms with van der Waals surface area (Å²) in [5, 5.41) is 2.90. The van der Waals surface area contributed by atoms with Gasteiger partial charge in [0, 0.05) is 37.9 Å². The van der Waals surface area contributed by atoms with Gasteiger partial charge in [-0.1, -0.05) is 18.2 Å². The average Bonchev–Trinajstić information content (AvgIpc) is 3.21. The summed E-state index contributed by atoms with van der Waals surface area (Å²) in [6.45, 7) is 2.88. The highest BCUT2D eigenvalue weighted by molar-refractivity contribution is 7.88. The second-order valence-electron chi connectivity index (χ2n) is 7.01. The molecule has 1 aromatic carbocycles. The van der Waals surface area contributed by atoms with Crippen LogP contribution in [-0.2, 0) is 23.0 Å². The zero-order valence-corrected chi connectivity index (χ0v) is 16.8. The number of hydrogen-bond donors (Lipinski definition) is 2. The van der Waals surface area contributed by atoms with Crippen LogP contribution in [0.25, 0.3) is 0 Å². The average molecular weight is 403 g/mol. The molecule has 0 aliphatic carbocycles. The molecule has 2 aromatic rings. The lowest BCUT2D eigenvalue weighted by Gasteiger charge is -2.16. The summed E-state index contributed by atoms with van der Waals surface area (Å²) >= 11 is 0. The van der Waals surface area contributed by atoms with Gasteiger partial charge in [0.05, 0.1) is 6.26 Å². The minimum Gasteiger partial charge on any atom is -0.357 e. The van der Waals surface area contributed by atoms with Gasteiger partial charge in [-0.15, -0.1) is 0 Å². The molecule has 1 amide bonds. The summed E-state index contributed by atoms with van der Waals surface area (Å²) in [6, 6.07) is 11.2. The van der Waals surface area contributed by atoms with E-state index in [9.17, 15) is 13.2 Å². The van der Waals surface area contributed by atoms with Crippen molar-refractivity contribution in [1.29, 1.82) is 0 Å². The molecule has 2 N–H and O–H groups in total. The fourth-order valence-electron chi connectivity index (χ4n) is 3.14. The number of benzene rings is 1. The van der Waals surface area contributed by atoms with Crippen LogP contribution in [-0.4, -0.2) is 45.2 Å². The number of sulfonamides is 1. The first-order valence-corrected chi connectivity index (χ1v) is 11.3. The second-order valence-corrected chi connectivity index (χ2v) is 8.85. The standard InChI is InChI=1S/C20H26N4O3S/c1-28(26,27)23-11-10-16-4-7-18(8-5-16)20(25)22-15-17-6-9-19(21-14-17)24-12-2-3-13-24/h4-9,14,23H,2-3,10-13,15H2,1H3,(H,22,25). The fourth-order valence-corrected chi connectivity index (χ4v) is 3.62. The van der Waals surface area contributed by atoms with Crippen LogP contribution in [0.1, 0.15) is 34.3 Å². The van der Waals surface area contributed by atoms with Crippen molar-refractivity contribution in [3.8, 4) is 0 Å². The molecule has 0 radical (unpaired) electrons. The lowest BCUT2D eigenvalue weighted by atomic mass is 10.1. The number of anilines is 1. The fraction of sp³-hybridized carbons (Fsp3) is 0.400. The van der Waals surface area contributed by atoms with Gasteiger partial charge in [0.1, 0.15) is 5.82 Å². The molecule has 7 nitrogen and oxygen atoms in total. The van der Waals surface area contributed by atoms with Gasteiger partial charge in [-0.3, -0.25) is 4.79 Å². The van der Waals surface area contributed by atoms with E-state index in [0.717, 1.165) is 36.3 Å². The van der Waals surface area contributed by atoms with E-state index >= 15 is 0 Å². The smallest absolute Gasteiger partial charge is 0.251 e. The number of aromatic nitrogens is 1. The van der Waals surface area contributed by atoms with E-state index in [0.29, 0.717) is 25.1 Å². The Balaban J connectivity index is 1.47. The Labute approximate surface area is 166 Å². The number of rotatable bonds is 8. The van der Waals surface area contributed by atoms with Crippen molar-refractivity contribution in [3.05, 3.63) is 59.3 Å². The zero-order chi connectivity index (χ0) is 20.0. The molecule has 28 heavy (non-hydrogen) atoms. The molecule has 0 bridgehead atoms. The number of hydrogen-bond acceptors (Lipinski definition) is 5. The molecule has 0 saturated carbocycles. The van der Waals surface area contributed by atoms with Gasteiger partial charge >= 0.3 is 0 Å². The highest BCUT2D eigenvalue weighted by atomic mass is 32.2. The Kier molecular flexibility index (Phi) is 6.64. The third-order valence-corrected chi connectivity index (χ3v) is 5.41. The van der Waals surface area contributed by atoms with Gasteiger partial charge in [0.15, 0.2) is 0 Å². The number of nitrogens with one attached hydrogen (secondary N) is 2. The number of carbonyl (C=O) groups is 1. The van der Waals surface area contributed by atoms with E-state index in [-0.39, 0.29) is 5.91 Å². The van der Waals surface area contributed by atoms with Gasteiger partial charge in [-0.25, -0.2) is 18.1 Å². The van der Waals surface area contributed by atoms with Gasteiger partial charge in [-0.2, -0.15) is 0 Å². The van der Waals surface area contributed by atoms with Crippen molar-refractivity contribution in [2.24, 2.45) is 0 Å². The Morgan fingerprint density at radius 2 is 1.75 bits per heavy atom. The van der Waals surface area contributed by atoms with E-state index in [1.165, 1.54) is 12.8 Å². The first kappa shape index (κ1) is 20.3. The SMILES string of the molecule is CS(=O)(=O)NCCc1ccc(C(=O)NCc2ccc(N3CCCC3)nc2)cc1. The van der Waals surface area contributed by atoms with Crippen LogP contribution in [0.15, 0.2) is 42.6 Å². The van der Waals surface area contributed by atoms with Gasteiger partial charge in [-0.05, 0) is 48.6 Å². The first-order valence-electron chi connectivity index (χ1n) is 9.42. The van der Waals surface area contributed by atoms with Gasteiger partial charge in [0.25, 0.3) is 5.91 Å². The molecule has 0 atom stereocenters. The van der Waals surface area contributed by atoms with Crippen LogP contribution in [0.2, 0.25) is 0 Å². The Hall–Kier alpha value is -2.45. The minimum atomic E-state index is -3.18. The van der Waals surface area contributed by atoms with Crippen LogP contribution >= 0.6 is 0 Å². The summed E-state index contributed by atoms with van der Waals surface area (Å²) in [6.07, 6.45) is 5.95. The second kappa shape index (κ2) is 9.16. The molecule has 1 fully saturated rings. The molecular formula is C20H26N4O3S. The van der Waals surface area contributed by atoms with E-state index in [1.54, 1.807) is 12.1 Å². The number of pyridine rings is 1. The Morgan fingerprint density at radius 3 is 2.36 bits per heavy atom. The third kappa shape index (κ3) is 6.03. The van der Waals surface area contributed by atoms with Crippen molar-refractivity contribution in [3.63, 3.8) is 0 Å². The van der Waals surface area contributed by atoms with E-state index in [1.807, 2.05) is 30.5 Å². The van der Waals surface area contributed by atoms with Crippen molar-refractivity contribution in [2.75, 3.05) is 30.8 Å². The molecule has 2 heterocycles. The Bertz CT molecular complexity index is 890. The van der Waals surface area contributed by atoms with Crippen molar-refractivity contribution < 1.29 is 13.2 Å². The van der Waals surface area contributed by atoms with Crippen molar-refractivity contribution in [1.82, 2.24) is 15.0 Å². The molecule has 1 aliphatic heterocycles. The molecule has 1 aliphatic rings. The maximum atomic E-state index is 12.3. The normalized spacial score (nSPS) is 14.2. The Morgan fingerprint density at radius 1 is 1.07 bits per heavy atom. The van der Waals surface area contributed by atoms with Crippen LogP contribution in [0.4, 0.5) is 5.82 Å². The summed E-state index contributed by atoms with van der Waals surface area (Å²) < 4.78 is 24.6. The van der Waals surface area contributed by atoms with Crippen LogP contribution in [0.3, 0.4) is 0 Å². The van der Waals surface area contributed by atoms with Gasteiger partial charge in [0.2, 0.25) is 10.0 Å². The summed E-state index contributed by atoms with van der Waals surface area (Å²) in [5.74, 6) is 0.845.